The molecule has 6 heteroatoms. The van der Waals surface area contributed by atoms with Crippen molar-refractivity contribution in [2.24, 2.45) is 5.41 Å². The van der Waals surface area contributed by atoms with Crippen molar-refractivity contribution in [3.63, 3.8) is 0 Å². The van der Waals surface area contributed by atoms with Gasteiger partial charge in [0.15, 0.2) is 0 Å². The van der Waals surface area contributed by atoms with Crippen molar-refractivity contribution >= 4 is 12.0 Å². The topological polar surface area (TPSA) is 65.0 Å². The van der Waals surface area contributed by atoms with Crippen molar-refractivity contribution in [2.45, 2.75) is 33.6 Å². The number of hydrogen-bond acceptors (Lipinski definition) is 6. The van der Waals surface area contributed by atoms with Gasteiger partial charge in [0, 0.05) is 50.4 Å². The van der Waals surface area contributed by atoms with Gasteiger partial charge in [-0.25, -0.2) is 0 Å². The first-order valence-corrected chi connectivity index (χ1v) is 12.7. The number of nitrogens with zero attached hydrogens (tertiary/aromatic N) is 2. The lowest BCUT2D eigenvalue weighted by Gasteiger charge is -2.31. The van der Waals surface area contributed by atoms with Gasteiger partial charge in [0.2, 0.25) is 0 Å². The molecule has 2 N–H and O–H groups in total. The van der Waals surface area contributed by atoms with Crippen LogP contribution in [0.3, 0.4) is 0 Å². The summed E-state index contributed by atoms with van der Waals surface area (Å²) in [5, 5.41) is 12.6. The standard InChI is InChI=1S/C19H28N2O.C9H11NO2.C2H4/c1-5-15(2)17-8-6-7-16(21-11-9-20-10-12-21)13-18(17)19(3,4)14-22;1-10-4-5-12-9-3-2-7(11)6-8(9)10;1-2/h6-7,13-14,20H,2,5,8-12H2,1,3-4H3;2-3,6,11H,4-5H2,1H3;1-2H2. The second-order valence-electron chi connectivity index (χ2n) is 9.52. The Morgan fingerprint density at radius 2 is 1.92 bits per heavy atom. The van der Waals surface area contributed by atoms with Crippen molar-refractivity contribution in [3.8, 4) is 11.5 Å². The Morgan fingerprint density at radius 1 is 1.22 bits per heavy atom. The molecule has 3 aliphatic rings. The third-order valence-electron chi connectivity index (χ3n) is 6.59. The van der Waals surface area contributed by atoms with Gasteiger partial charge in [-0.1, -0.05) is 25.2 Å². The van der Waals surface area contributed by atoms with Gasteiger partial charge in [-0.3, -0.25) is 0 Å². The van der Waals surface area contributed by atoms with Crippen LogP contribution >= 0.6 is 0 Å². The van der Waals surface area contributed by atoms with E-state index >= 15 is 0 Å². The van der Waals surface area contributed by atoms with Gasteiger partial charge in [0.1, 0.15) is 24.4 Å². The number of allylic oxidation sites excluding steroid dienone is 6. The minimum absolute atomic E-state index is 0.283. The molecule has 1 fully saturated rings. The fraction of sp³-hybridized carbons (Fsp3) is 0.433. The molecule has 0 radical (unpaired) electrons. The number of rotatable bonds is 5. The molecule has 0 aromatic heterocycles. The Kier molecular flexibility index (Phi) is 11.1. The van der Waals surface area contributed by atoms with Crippen LogP contribution in [0.1, 0.15) is 33.6 Å². The summed E-state index contributed by atoms with van der Waals surface area (Å²) in [6, 6.07) is 5.15. The number of aldehydes is 1. The summed E-state index contributed by atoms with van der Waals surface area (Å²) in [4.78, 5) is 16.1. The van der Waals surface area contributed by atoms with E-state index in [1.54, 1.807) is 18.2 Å². The molecule has 0 amide bonds. The largest absolute Gasteiger partial charge is 0.508 e. The van der Waals surface area contributed by atoms with E-state index in [0.29, 0.717) is 6.61 Å². The van der Waals surface area contributed by atoms with Crippen LogP contribution in [0.4, 0.5) is 5.69 Å². The van der Waals surface area contributed by atoms with Crippen LogP contribution in [-0.2, 0) is 4.79 Å². The molecule has 1 aromatic rings. The molecule has 6 nitrogen and oxygen atoms in total. The van der Waals surface area contributed by atoms with E-state index in [-0.39, 0.29) is 5.75 Å². The van der Waals surface area contributed by atoms with Crippen LogP contribution in [0.15, 0.2) is 78.6 Å². The average Bonchev–Trinajstić information content (AvgIpc) is 3.15. The Labute approximate surface area is 217 Å². The van der Waals surface area contributed by atoms with E-state index in [9.17, 15) is 9.90 Å². The van der Waals surface area contributed by atoms with Crippen molar-refractivity contribution in [3.05, 3.63) is 78.6 Å². The zero-order valence-electron chi connectivity index (χ0n) is 22.5. The number of ether oxygens (including phenoxy) is 1. The molecule has 0 bridgehead atoms. The maximum atomic E-state index is 11.6. The highest BCUT2D eigenvalue weighted by molar-refractivity contribution is 5.68. The van der Waals surface area contributed by atoms with Gasteiger partial charge in [-0.15, -0.1) is 13.2 Å². The first-order chi connectivity index (χ1) is 17.3. The van der Waals surface area contributed by atoms with Crippen LogP contribution < -0.4 is 15.0 Å². The molecule has 2 aliphatic heterocycles. The molecule has 196 valence electrons. The summed E-state index contributed by atoms with van der Waals surface area (Å²) in [6.45, 7) is 22.0. The number of benzene rings is 1. The number of phenols is 1. The SMILES string of the molecule is C=C.C=C(CC)C1=C(C(C)(C)C=O)C=C(N2CCNCC2)C=CC1.CN1CCOc2ccc(O)cc21. The Balaban J connectivity index is 0.000000273. The smallest absolute Gasteiger partial charge is 0.142 e. The zero-order chi connectivity index (χ0) is 26.7. The summed E-state index contributed by atoms with van der Waals surface area (Å²) in [5.41, 5.74) is 5.16. The molecular weight excluding hydrogens is 450 g/mol. The molecule has 0 atom stereocenters. The van der Waals surface area contributed by atoms with Crippen LogP contribution in [0.25, 0.3) is 0 Å². The molecule has 0 unspecified atom stereocenters. The van der Waals surface area contributed by atoms with Crippen LogP contribution in [0.5, 0.6) is 11.5 Å². The number of carbonyl (C=O) groups excluding carboxylic acids is 1. The Bertz CT molecular complexity index is 1000. The fourth-order valence-corrected chi connectivity index (χ4v) is 4.34. The van der Waals surface area contributed by atoms with Gasteiger partial charge >= 0.3 is 0 Å². The maximum absolute atomic E-state index is 11.6. The lowest BCUT2D eigenvalue weighted by molar-refractivity contribution is -0.113. The number of carbonyl (C=O) groups is 1. The summed E-state index contributed by atoms with van der Waals surface area (Å²) < 4.78 is 5.40. The maximum Gasteiger partial charge on any atom is 0.142 e. The van der Waals surface area contributed by atoms with Crippen LogP contribution in [0, 0.1) is 5.41 Å². The Hall–Kier alpha value is -3.25. The molecule has 1 saturated heterocycles. The van der Waals surface area contributed by atoms with Crippen LogP contribution in [0.2, 0.25) is 0 Å². The van der Waals surface area contributed by atoms with Crippen molar-refractivity contribution in [2.75, 3.05) is 51.3 Å². The predicted octanol–water partition coefficient (Wildman–Crippen LogP) is 5.25. The first kappa shape index (κ1) is 29.0. The van der Waals surface area contributed by atoms with E-state index in [4.69, 9.17) is 4.74 Å². The van der Waals surface area contributed by atoms with E-state index < -0.39 is 5.41 Å². The predicted molar refractivity (Wildman–Crippen MR) is 151 cm³/mol. The summed E-state index contributed by atoms with van der Waals surface area (Å²) >= 11 is 0. The minimum atomic E-state index is -0.487. The van der Waals surface area contributed by atoms with Gasteiger partial charge in [-0.2, -0.15) is 0 Å². The van der Waals surface area contributed by atoms with E-state index in [1.165, 1.54) is 11.3 Å². The number of piperazine rings is 1. The molecule has 0 saturated carbocycles. The number of phenolic OH excluding ortho intramolecular Hbond substituents is 1. The highest BCUT2D eigenvalue weighted by Crippen LogP contribution is 2.36. The highest BCUT2D eigenvalue weighted by Gasteiger charge is 2.27. The molecule has 1 aliphatic carbocycles. The second-order valence-corrected chi connectivity index (χ2v) is 9.52. The number of hydrogen-bond donors (Lipinski definition) is 2. The second kappa shape index (κ2) is 13.7. The molecule has 36 heavy (non-hydrogen) atoms. The van der Waals surface area contributed by atoms with E-state index in [0.717, 1.165) is 74.4 Å². The van der Waals surface area contributed by atoms with E-state index in [1.807, 2.05) is 20.9 Å². The molecule has 0 spiro atoms. The quantitative estimate of drug-likeness (QED) is 0.432. The van der Waals surface area contributed by atoms with Gasteiger partial charge in [0.25, 0.3) is 0 Å². The summed E-state index contributed by atoms with van der Waals surface area (Å²) in [6.07, 6.45) is 9.44. The summed E-state index contributed by atoms with van der Waals surface area (Å²) in [7, 11) is 1.99. The van der Waals surface area contributed by atoms with Gasteiger partial charge in [-0.05, 0) is 62.1 Å². The van der Waals surface area contributed by atoms with Crippen LogP contribution in [-0.4, -0.2) is 62.7 Å². The third kappa shape index (κ3) is 7.37. The molecule has 4 rings (SSSR count). The molecular formula is C30H43N3O3. The highest BCUT2D eigenvalue weighted by atomic mass is 16.5. The monoisotopic (exact) mass is 493 g/mol. The third-order valence-corrected chi connectivity index (χ3v) is 6.59. The minimum Gasteiger partial charge on any atom is -0.508 e. The molecule has 2 heterocycles. The van der Waals surface area contributed by atoms with Crippen molar-refractivity contribution in [1.29, 1.82) is 0 Å². The van der Waals surface area contributed by atoms with Crippen molar-refractivity contribution < 1.29 is 14.6 Å². The van der Waals surface area contributed by atoms with Gasteiger partial charge < -0.3 is 29.8 Å². The average molecular weight is 494 g/mol. The van der Waals surface area contributed by atoms with E-state index in [2.05, 4.69) is 60.0 Å². The zero-order valence-corrected chi connectivity index (χ0v) is 22.5. The lowest BCUT2D eigenvalue weighted by Crippen LogP contribution is -2.42. The van der Waals surface area contributed by atoms with Crippen molar-refractivity contribution in [1.82, 2.24) is 10.2 Å². The summed E-state index contributed by atoms with van der Waals surface area (Å²) in [5.74, 6) is 1.13. The first-order valence-electron chi connectivity index (χ1n) is 12.7. The van der Waals surface area contributed by atoms with Gasteiger partial charge in [0.05, 0.1) is 12.2 Å². The number of fused-ring (bicyclic) bond motifs is 1. The molecule has 1 aromatic carbocycles. The number of likely N-dealkylation sites (N-methyl/N-ethyl adjacent to an activating group) is 1. The lowest BCUT2D eigenvalue weighted by atomic mass is 9.79. The number of aromatic hydroxyl groups is 1. The Morgan fingerprint density at radius 3 is 2.56 bits per heavy atom. The normalized spacial score (nSPS) is 17.3. The number of anilines is 1. The fourth-order valence-electron chi connectivity index (χ4n) is 4.34. The number of nitrogens with one attached hydrogen (secondary N) is 1.